The molecule has 5 aromatic carbocycles. The Morgan fingerprint density at radius 1 is 0.630 bits per heavy atom. The SMILES string of the molecule is Cc1cccc(C)c1-c1ccc2c(n1)oc1c(-c3nc4ccccc4n3-c3ccc(C(C)(C)C)cc3-c3ccccc3)cccc12. The number of pyridine rings is 1. The van der Waals surface area contributed by atoms with E-state index in [-0.39, 0.29) is 5.41 Å². The molecule has 3 heterocycles. The number of nitrogens with zero attached hydrogens (tertiary/aromatic N) is 3. The third kappa shape index (κ3) is 4.52. The second-order valence-electron chi connectivity index (χ2n) is 13.2. The van der Waals surface area contributed by atoms with Crippen molar-refractivity contribution in [2.45, 2.75) is 40.0 Å². The van der Waals surface area contributed by atoms with E-state index in [9.17, 15) is 0 Å². The lowest BCUT2D eigenvalue weighted by atomic mass is 9.85. The van der Waals surface area contributed by atoms with Crippen LogP contribution in [0, 0.1) is 13.8 Å². The fourth-order valence-corrected chi connectivity index (χ4v) is 6.71. The summed E-state index contributed by atoms with van der Waals surface area (Å²) in [6.07, 6.45) is 0. The molecule has 4 nitrogen and oxygen atoms in total. The van der Waals surface area contributed by atoms with Gasteiger partial charge in [-0.3, -0.25) is 4.57 Å². The Morgan fingerprint density at radius 2 is 1.37 bits per heavy atom. The number of benzene rings is 5. The second kappa shape index (κ2) is 10.6. The van der Waals surface area contributed by atoms with Gasteiger partial charge in [0, 0.05) is 21.9 Å². The van der Waals surface area contributed by atoms with Crippen molar-refractivity contribution < 1.29 is 4.42 Å². The van der Waals surface area contributed by atoms with E-state index in [1.54, 1.807) is 0 Å². The first-order valence-electron chi connectivity index (χ1n) is 15.8. The Morgan fingerprint density at radius 3 is 2.15 bits per heavy atom. The molecule has 0 saturated carbocycles. The summed E-state index contributed by atoms with van der Waals surface area (Å²) < 4.78 is 8.97. The van der Waals surface area contributed by atoms with Gasteiger partial charge in [-0.2, -0.15) is 0 Å². The van der Waals surface area contributed by atoms with Gasteiger partial charge in [0.05, 0.1) is 28.0 Å². The number of imidazole rings is 1. The molecule has 0 fully saturated rings. The van der Waals surface area contributed by atoms with Gasteiger partial charge in [-0.25, -0.2) is 9.97 Å². The van der Waals surface area contributed by atoms with Crippen molar-refractivity contribution in [2.24, 2.45) is 0 Å². The van der Waals surface area contributed by atoms with E-state index in [4.69, 9.17) is 14.4 Å². The molecule has 46 heavy (non-hydrogen) atoms. The normalized spacial score (nSPS) is 12.0. The van der Waals surface area contributed by atoms with E-state index in [1.807, 2.05) is 6.07 Å². The summed E-state index contributed by atoms with van der Waals surface area (Å²) in [5, 5.41) is 2.02. The minimum Gasteiger partial charge on any atom is -0.437 e. The highest BCUT2D eigenvalue weighted by Crippen LogP contribution is 2.41. The topological polar surface area (TPSA) is 43.9 Å². The first-order valence-corrected chi connectivity index (χ1v) is 15.8. The highest BCUT2D eigenvalue weighted by molar-refractivity contribution is 6.09. The molecule has 8 aromatic rings. The van der Waals surface area contributed by atoms with Crippen molar-refractivity contribution in [3.05, 3.63) is 138 Å². The fourth-order valence-electron chi connectivity index (χ4n) is 6.71. The molecule has 0 aliphatic heterocycles. The van der Waals surface area contributed by atoms with E-state index in [0.717, 1.165) is 66.8 Å². The summed E-state index contributed by atoms with van der Waals surface area (Å²) in [6.45, 7) is 11.0. The van der Waals surface area contributed by atoms with Crippen LogP contribution in [0.15, 0.2) is 126 Å². The number of aryl methyl sites for hydroxylation is 2. The van der Waals surface area contributed by atoms with Gasteiger partial charge in [0.2, 0.25) is 5.71 Å². The fraction of sp³-hybridized carbons (Fsp3) is 0.143. The van der Waals surface area contributed by atoms with Gasteiger partial charge in [-0.05, 0) is 84.0 Å². The molecule has 0 amide bonds. The van der Waals surface area contributed by atoms with Crippen LogP contribution >= 0.6 is 0 Å². The van der Waals surface area contributed by atoms with Crippen molar-refractivity contribution in [2.75, 3.05) is 0 Å². The number of fused-ring (bicyclic) bond motifs is 4. The summed E-state index contributed by atoms with van der Waals surface area (Å²) >= 11 is 0. The monoisotopic (exact) mass is 597 g/mol. The first kappa shape index (κ1) is 28.0. The van der Waals surface area contributed by atoms with Crippen molar-refractivity contribution in [3.8, 4) is 39.5 Å². The van der Waals surface area contributed by atoms with E-state index >= 15 is 0 Å². The summed E-state index contributed by atoms with van der Waals surface area (Å²) in [7, 11) is 0. The predicted molar refractivity (Wildman–Crippen MR) is 191 cm³/mol. The second-order valence-corrected chi connectivity index (χ2v) is 13.2. The Hall–Kier alpha value is -5.48. The predicted octanol–water partition coefficient (Wildman–Crippen LogP) is 11.2. The van der Waals surface area contributed by atoms with Gasteiger partial charge >= 0.3 is 0 Å². The minimum atomic E-state index is 0.00441. The van der Waals surface area contributed by atoms with Crippen LogP contribution in [0.1, 0.15) is 37.5 Å². The number of furan rings is 1. The molecule has 0 spiro atoms. The van der Waals surface area contributed by atoms with E-state index in [0.29, 0.717) is 5.71 Å². The number of hydrogen-bond acceptors (Lipinski definition) is 3. The smallest absolute Gasteiger partial charge is 0.227 e. The Labute approximate surface area is 269 Å². The van der Waals surface area contributed by atoms with Crippen LogP contribution in [0.25, 0.3) is 72.6 Å². The lowest BCUT2D eigenvalue weighted by Crippen LogP contribution is -2.12. The molecule has 0 aliphatic carbocycles. The van der Waals surface area contributed by atoms with Crippen LogP contribution in [0.5, 0.6) is 0 Å². The van der Waals surface area contributed by atoms with Gasteiger partial charge in [0.25, 0.3) is 0 Å². The van der Waals surface area contributed by atoms with Crippen molar-refractivity contribution in [3.63, 3.8) is 0 Å². The summed E-state index contributed by atoms with van der Waals surface area (Å²) in [5.41, 5.74) is 13.5. The standard InChI is InChI=1S/C42H35N3O/c1-26-13-11-14-27(2)38(26)35-23-22-31-30-17-12-18-32(39(30)46-41(31)44-35)40-43-34-19-9-10-20-37(34)45(40)36-24-21-29(42(3,4)5)25-33(36)28-15-7-6-8-16-28/h6-25H,1-5H3. The molecule has 4 heteroatoms. The summed E-state index contributed by atoms with van der Waals surface area (Å²) in [5.74, 6) is 0.835. The van der Waals surface area contributed by atoms with Crippen molar-refractivity contribution in [1.29, 1.82) is 0 Å². The molecular weight excluding hydrogens is 562 g/mol. The van der Waals surface area contributed by atoms with Crippen molar-refractivity contribution >= 4 is 33.1 Å². The van der Waals surface area contributed by atoms with Gasteiger partial charge < -0.3 is 4.42 Å². The quantitative estimate of drug-likeness (QED) is 0.203. The number of rotatable bonds is 4. The van der Waals surface area contributed by atoms with Gasteiger partial charge in [-0.1, -0.05) is 99.6 Å². The first-order chi connectivity index (χ1) is 22.3. The maximum atomic E-state index is 6.68. The Balaban J connectivity index is 1.40. The highest BCUT2D eigenvalue weighted by atomic mass is 16.3. The number of hydrogen-bond donors (Lipinski definition) is 0. The van der Waals surface area contributed by atoms with Gasteiger partial charge in [-0.15, -0.1) is 0 Å². The molecular formula is C42H35N3O. The maximum absolute atomic E-state index is 6.68. The molecule has 3 aromatic heterocycles. The molecule has 0 radical (unpaired) electrons. The van der Waals surface area contributed by atoms with Crippen LogP contribution in [-0.2, 0) is 5.41 Å². The van der Waals surface area contributed by atoms with E-state index < -0.39 is 0 Å². The van der Waals surface area contributed by atoms with Crippen LogP contribution in [0.3, 0.4) is 0 Å². The lowest BCUT2D eigenvalue weighted by Gasteiger charge is -2.23. The van der Waals surface area contributed by atoms with E-state index in [1.165, 1.54) is 16.7 Å². The molecule has 0 aliphatic rings. The van der Waals surface area contributed by atoms with E-state index in [2.05, 4.69) is 154 Å². The maximum Gasteiger partial charge on any atom is 0.227 e. The highest BCUT2D eigenvalue weighted by Gasteiger charge is 2.23. The minimum absolute atomic E-state index is 0.00441. The molecule has 0 N–H and O–H groups in total. The van der Waals surface area contributed by atoms with Crippen LogP contribution in [0.2, 0.25) is 0 Å². The largest absolute Gasteiger partial charge is 0.437 e. The zero-order chi connectivity index (χ0) is 31.6. The van der Waals surface area contributed by atoms with Crippen molar-refractivity contribution in [1.82, 2.24) is 14.5 Å². The Bertz CT molecular complexity index is 2400. The molecule has 0 bridgehead atoms. The summed E-state index contributed by atoms with van der Waals surface area (Å²) in [4.78, 5) is 10.3. The molecule has 0 atom stereocenters. The third-order valence-electron chi connectivity index (χ3n) is 9.09. The number of aromatic nitrogens is 3. The molecule has 224 valence electrons. The zero-order valence-electron chi connectivity index (χ0n) is 26.8. The Kier molecular flexibility index (Phi) is 6.43. The van der Waals surface area contributed by atoms with Gasteiger partial charge in [0.1, 0.15) is 11.4 Å². The molecule has 0 saturated heterocycles. The van der Waals surface area contributed by atoms with Gasteiger partial charge in [0.15, 0.2) is 0 Å². The number of para-hydroxylation sites is 3. The lowest BCUT2D eigenvalue weighted by molar-refractivity contribution is 0.590. The average Bonchev–Trinajstić information content (AvgIpc) is 3.63. The molecule has 8 rings (SSSR count). The van der Waals surface area contributed by atoms with Crippen LogP contribution in [0.4, 0.5) is 0 Å². The zero-order valence-corrected chi connectivity index (χ0v) is 26.8. The molecule has 0 unspecified atom stereocenters. The van der Waals surface area contributed by atoms with Crippen LogP contribution < -0.4 is 0 Å². The summed E-state index contributed by atoms with van der Waals surface area (Å²) in [6, 6.07) is 42.8. The average molecular weight is 598 g/mol. The third-order valence-corrected chi connectivity index (χ3v) is 9.09. The van der Waals surface area contributed by atoms with Crippen LogP contribution in [-0.4, -0.2) is 14.5 Å².